The van der Waals surface area contributed by atoms with E-state index in [9.17, 15) is 4.39 Å². The molecule has 1 aromatic carbocycles. The Labute approximate surface area is 123 Å². The van der Waals surface area contributed by atoms with E-state index in [-0.39, 0.29) is 11.9 Å². The smallest absolute Gasteiger partial charge is 0.150 e. The van der Waals surface area contributed by atoms with Gasteiger partial charge in [0.1, 0.15) is 11.5 Å². The predicted octanol–water partition coefficient (Wildman–Crippen LogP) is 4.03. The molecular weight excluding hydrogens is 277 g/mol. The molecule has 0 aliphatic rings. The van der Waals surface area contributed by atoms with Gasteiger partial charge in [0, 0.05) is 17.3 Å². The van der Waals surface area contributed by atoms with Gasteiger partial charge in [-0.15, -0.1) is 0 Å². The molecule has 0 saturated heterocycles. The Bertz CT molecular complexity index is 575. The maximum Gasteiger partial charge on any atom is 0.150 e. The summed E-state index contributed by atoms with van der Waals surface area (Å²) in [4.78, 5) is 0. The van der Waals surface area contributed by atoms with E-state index in [4.69, 9.17) is 11.6 Å². The zero-order chi connectivity index (χ0) is 14.7. The van der Waals surface area contributed by atoms with Gasteiger partial charge in [-0.05, 0) is 38.9 Å². The zero-order valence-corrected chi connectivity index (χ0v) is 12.7. The van der Waals surface area contributed by atoms with Gasteiger partial charge in [0.15, 0.2) is 0 Å². The van der Waals surface area contributed by atoms with Crippen LogP contribution in [0.3, 0.4) is 0 Å². The van der Waals surface area contributed by atoms with Crippen molar-refractivity contribution in [3.05, 3.63) is 46.5 Å². The monoisotopic (exact) mass is 295 g/mol. The van der Waals surface area contributed by atoms with E-state index in [1.54, 1.807) is 23.0 Å². The van der Waals surface area contributed by atoms with Crippen molar-refractivity contribution in [3.8, 4) is 5.69 Å². The second kappa shape index (κ2) is 6.37. The van der Waals surface area contributed by atoms with Crippen molar-refractivity contribution < 1.29 is 4.39 Å². The van der Waals surface area contributed by atoms with Gasteiger partial charge in [-0.3, -0.25) is 0 Å². The summed E-state index contributed by atoms with van der Waals surface area (Å²) < 4.78 is 15.5. The largest absolute Gasteiger partial charge is 0.310 e. The van der Waals surface area contributed by atoms with E-state index in [2.05, 4.69) is 24.3 Å². The molecule has 1 heterocycles. The van der Waals surface area contributed by atoms with Crippen LogP contribution >= 0.6 is 11.6 Å². The molecule has 3 nitrogen and oxygen atoms in total. The van der Waals surface area contributed by atoms with Gasteiger partial charge < -0.3 is 5.32 Å². The molecule has 1 unspecified atom stereocenters. The second-order valence-electron chi connectivity index (χ2n) is 4.84. The van der Waals surface area contributed by atoms with E-state index in [1.165, 1.54) is 6.07 Å². The van der Waals surface area contributed by atoms with Gasteiger partial charge >= 0.3 is 0 Å². The number of halogens is 2. The number of para-hydroxylation sites is 1. The van der Waals surface area contributed by atoms with Gasteiger partial charge in [0.25, 0.3) is 0 Å². The summed E-state index contributed by atoms with van der Waals surface area (Å²) in [5, 5.41) is 8.05. The predicted molar refractivity (Wildman–Crippen MR) is 80.0 cm³/mol. The Morgan fingerprint density at radius 1 is 1.45 bits per heavy atom. The van der Waals surface area contributed by atoms with Crippen LogP contribution < -0.4 is 5.32 Å². The van der Waals surface area contributed by atoms with E-state index in [1.807, 2.05) is 6.92 Å². The van der Waals surface area contributed by atoms with E-state index < -0.39 is 0 Å². The summed E-state index contributed by atoms with van der Waals surface area (Å²) in [6.07, 6.45) is 2.84. The average Bonchev–Trinajstić information content (AvgIpc) is 2.78. The molecule has 0 radical (unpaired) electrons. The van der Waals surface area contributed by atoms with Crippen molar-refractivity contribution >= 4 is 11.6 Å². The first-order chi connectivity index (χ1) is 9.56. The highest BCUT2D eigenvalue weighted by atomic mass is 35.5. The molecule has 2 aromatic rings. The highest BCUT2D eigenvalue weighted by Gasteiger charge is 2.17. The fourth-order valence-corrected chi connectivity index (χ4v) is 2.48. The molecule has 108 valence electrons. The Kier molecular flexibility index (Phi) is 4.78. The minimum atomic E-state index is -0.371. The third-order valence-electron chi connectivity index (χ3n) is 3.36. The average molecular weight is 296 g/mol. The van der Waals surface area contributed by atoms with Crippen LogP contribution in [0.15, 0.2) is 24.4 Å². The SMILES string of the molecule is CCCNC(C)c1cnn(-c2c(F)cccc2Cl)c1C. The Balaban J connectivity index is 2.38. The van der Waals surface area contributed by atoms with Crippen LogP contribution in [0.25, 0.3) is 5.69 Å². The summed E-state index contributed by atoms with van der Waals surface area (Å²) >= 11 is 6.09. The summed E-state index contributed by atoms with van der Waals surface area (Å²) in [5.41, 5.74) is 2.26. The molecule has 0 spiro atoms. The third-order valence-corrected chi connectivity index (χ3v) is 3.67. The van der Waals surface area contributed by atoms with Gasteiger partial charge in [0.05, 0.1) is 11.2 Å². The van der Waals surface area contributed by atoms with Crippen LogP contribution in [0.1, 0.15) is 37.6 Å². The van der Waals surface area contributed by atoms with E-state index in [0.29, 0.717) is 10.7 Å². The van der Waals surface area contributed by atoms with Gasteiger partial charge in [-0.2, -0.15) is 5.10 Å². The van der Waals surface area contributed by atoms with Gasteiger partial charge in [-0.1, -0.05) is 24.6 Å². The summed E-state index contributed by atoms with van der Waals surface area (Å²) in [7, 11) is 0. The highest BCUT2D eigenvalue weighted by molar-refractivity contribution is 6.32. The first-order valence-corrected chi connectivity index (χ1v) is 7.16. The molecule has 0 fully saturated rings. The molecule has 1 atom stereocenters. The fourth-order valence-electron chi connectivity index (χ4n) is 2.23. The molecule has 0 aliphatic carbocycles. The molecule has 2 rings (SSSR count). The summed E-state index contributed by atoms with van der Waals surface area (Å²) in [5.74, 6) is -0.371. The van der Waals surface area contributed by atoms with Crippen molar-refractivity contribution in [2.45, 2.75) is 33.2 Å². The maximum absolute atomic E-state index is 14.0. The minimum Gasteiger partial charge on any atom is -0.310 e. The molecule has 1 aromatic heterocycles. The van der Waals surface area contributed by atoms with Crippen molar-refractivity contribution in [2.24, 2.45) is 0 Å². The lowest BCUT2D eigenvalue weighted by molar-refractivity contribution is 0.567. The number of nitrogens with zero attached hydrogens (tertiary/aromatic N) is 2. The van der Waals surface area contributed by atoms with Crippen molar-refractivity contribution in [2.75, 3.05) is 6.54 Å². The molecule has 0 saturated carbocycles. The van der Waals surface area contributed by atoms with E-state index in [0.717, 1.165) is 24.2 Å². The second-order valence-corrected chi connectivity index (χ2v) is 5.25. The summed E-state index contributed by atoms with van der Waals surface area (Å²) in [6, 6.07) is 4.82. The van der Waals surface area contributed by atoms with Crippen LogP contribution in [0.2, 0.25) is 5.02 Å². The zero-order valence-electron chi connectivity index (χ0n) is 12.0. The molecular formula is C15H19ClFN3. The van der Waals surface area contributed by atoms with Crippen molar-refractivity contribution in [3.63, 3.8) is 0 Å². The van der Waals surface area contributed by atoms with Crippen LogP contribution in [0.4, 0.5) is 4.39 Å². The molecule has 20 heavy (non-hydrogen) atoms. The van der Waals surface area contributed by atoms with Crippen LogP contribution in [-0.2, 0) is 0 Å². The molecule has 0 amide bonds. The molecule has 0 bridgehead atoms. The molecule has 0 aliphatic heterocycles. The van der Waals surface area contributed by atoms with Crippen LogP contribution in [-0.4, -0.2) is 16.3 Å². The molecule has 1 N–H and O–H groups in total. The first kappa shape index (κ1) is 15.0. The lowest BCUT2D eigenvalue weighted by Gasteiger charge is -2.14. The number of nitrogens with one attached hydrogen (secondary N) is 1. The van der Waals surface area contributed by atoms with Crippen LogP contribution in [0, 0.1) is 12.7 Å². The molecule has 5 heteroatoms. The lowest BCUT2D eigenvalue weighted by atomic mass is 10.1. The van der Waals surface area contributed by atoms with Gasteiger partial charge in [-0.25, -0.2) is 9.07 Å². The standard InChI is InChI=1S/C15H19ClFN3/c1-4-8-18-10(2)12-9-19-20(11(12)3)15-13(16)6-5-7-14(15)17/h5-7,9-10,18H,4,8H2,1-3H3. The number of hydrogen-bond acceptors (Lipinski definition) is 2. The maximum atomic E-state index is 14.0. The third kappa shape index (κ3) is 2.86. The number of hydrogen-bond donors (Lipinski definition) is 1. The normalized spacial score (nSPS) is 12.7. The van der Waals surface area contributed by atoms with Crippen molar-refractivity contribution in [1.29, 1.82) is 0 Å². The number of rotatable bonds is 5. The number of benzene rings is 1. The lowest BCUT2D eigenvalue weighted by Crippen LogP contribution is -2.19. The Hall–Kier alpha value is -1.39. The van der Waals surface area contributed by atoms with E-state index >= 15 is 0 Å². The van der Waals surface area contributed by atoms with Crippen molar-refractivity contribution in [1.82, 2.24) is 15.1 Å². The fraction of sp³-hybridized carbons (Fsp3) is 0.400. The quantitative estimate of drug-likeness (QED) is 0.902. The first-order valence-electron chi connectivity index (χ1n) is 6.78. The number of aromatic nitrogens is 2. The van der Waals surface area contributed by atoms with Crippen LogP contribution in [0.5, 0.6) is 0 Å². The highest BCUT2D eigenvalue weighted by Crippen LogP contribution is 2.26. The minimum absolute atomic E-state index is 0.175. The summed E-state index contributed by atoms with van der Waals surface area (Å²) in [6.45, 7) is 7.06. The topological polar surface area (TPSA) is 29.9 Å². The van der Waals surface area contributed by atoms with Gasteiger partial charge in [0.2, 0.25) is 0 Å². The Morgan fingerprint density at radius 3 is 2.85 bits per heavy atom. The Morgan fingerprint density at radius 2 is 2.20 bits per heavy atom.